The largest absolute Gasteiger partial charge is 0.447 e. The van der Waals surface area contributed by atoms with Gasteiger partial charge in [-0.1, -0.05) is 17.7 Å². The van der Waals surface area contributed by atoms with Gasteiger partial charge < -0.3 is 9.73 Å². The molecule has 21 heavy (non-hydrogen) atoms. The van der Waals surface area contributed by atoms with Crippen molar-refractivity contribution in [1.82, 2.24) is 5.43 Å². The van der Waals surface area contributed by atoms with E-state index in [9.17, 15) is 4.79 Å². The molecule has 0 saturated carbocycles. The molecule has 0 aliphatic carbocycles. The third-order valence-corrected chi connectivity index (χ3v) is 4.26. The number of aryl methyl sites for hydroxylation is 1. The minimum absolute atomic E-state index is 0.145. The molecule has 1 aromatic carbocycles. The Bertz CT molecular complexity index is 631. The molecule has 2 rings (SSSR count). The van der Waals surface area contributed by atoms with Gasteiger partial charge in [0, 0.05) is 11.8 Å². The van der Waals surface area contributed by atoms with Crippen LogP contribution >= 0.6 is 31.9 Å². The molecule has 0 spiro atoms. The minimum atomic E-state index is -0.239. The van der Waals surface area contributed by atoms with Crippen molar-refractivity contribution in [2.24, 2.45) is 5.10 Å². The average molecular weight is 415 g/mol. The van der Waals surface area contributed by atoms with E-state index in [1.807, 2.05) is 31.2 Å². The van der Waals surface area contributed by atoms with E-state index in [0.29, 0.717) is 10.4 Å². The van der Waals surface area contributed by atoms with E-state index in [2.05, 4.69) is 47.7 Å². The molecule has 110 valence electrons. The molecular weight excluding hydrogens is 402 g/mol. The second-order valence-corrected chi connectivity index (χ2v) is 5.86. The summed E-state index contributed by atoms with van der Waals surface area (Å²) in [5.41, 5.74) is 4.48. The topological polar surface area (TPSA) is 66.6 Å². The summed E-state index contributed by atoms with van der Waals surface area (Å²) in [4.78, 5) is 11.6. The fraction of sp³-hybridized carbons (Fsp3) is 0.143. The van der Waals surface area contributed by atoms with Crippen LogP contribution in [0.15, 0.2) is 49.0 Å². The fourth-order valence-electron chi connectivity index (χ4n) is 1.49. The highest BCUT2D eigenvalue weighted by atomic mass is 79.9. The maximum Gasteiger partial charge on any atom is 0.259 e. The van der Waals surface area contributed by atoms with Crippen LogP contribution < -0.4 is 10.7 Å². The van der Waals surface area contributed by atoms with Gasteiger partial charge in [-0.3, -0.25) is 4.79 Å². The second kappa shape index (κ2) is 7.42. The number of amides is 1. The Balaban J connectivity index is 1.78. The number of carbonyl (C=O) groups is 1. The van der Waals surface area contributed by atoms with Crippen molar-refractivity contribution in [3.63, 3.8) is 0 Å². The summed E-state index contributed by atoms with van der Waals surface area (Å²) < 4.78 is 6.66. The summed E-state index contributed by atoms with van der Waals surface area (Å²) in [5.74, 6) is 0.289. The van der Waals surface area contributed by atoms with Crippen LogP contribution in [0.5, 0.6) is 0 Å². The normalized spacial score (nSPS) is 10.8. The molecule has 1 aromatic heterocycles. The third-order valence-electron chi connectivity index (χ3n) is 2.55. The number of nitrogens with one attached hydrogen (secondary N) is 2. The minimum Gasteiger partial charge on any atom is -0.447 e. The highest BCUT2D eigenvalue weighted by Crippen LogP contribution is 2.25. The Kier molecular flexibility index (Phi) is 5.58. The standard InChI is InChI=1S/C14H13Br2N3O2/c1-9-2-4-10(5-3-9)17-8-13(20)19-18-7-11-6-12(15)14(16)21-11/h2-7,17H,8H2,1H3,(H,19,20)/b18-7-. The molecule has 1 amide bonds. The lowest BCUT2D eigenvalue weighted by Crippen LogP contribution is -2.25. The third kappa shape index (κ3) is 5.02. The zero-order chi connectivity index (χ0) is 15.2. The molecular formula is C14H13Br2N3O2. The van der Waals surface area contributed by atoms with Crippen molar-refractivity contribution in [1.29, 1.82) is 0 Å². The van der Waals surface area contributed by atoms with Gasteiger partial charge in [-0.25, -0.2) is 5.43 Å². The molecule has 0 aliphatic rings. The molecule has 1 heterocycles. The molecule has 0 aliphatic heterocycles. The zero-order valence-electron chi connectivity index (χ0n) is 11.2. The number of nitrogens with zero attached hydrogens (tertiary/aromatic N) is 1. The van der Waals surface area contributed by atoms with E-state index in [1.54, 1.807) is 6.07 Å². The summed E-state index contributed by atoms with van der Waals surface area (Å²) in [5, 5.41) is 6.83. The van der Waals surface area contributed by atoms with Crippen molar-refractivity contribution in [3.05, 3.63) is 50.8 Å². The first-order valence-corrected chi connectivity index (χ1v) is 7.70. The van der Waals surface area contributed by atoms with E-state index < -0.39 is 0 Å². The van der Waals surface area contributed by atoms with Crippen molar-refractivity contribution in [2.75, 3.05) is 11.9 Å². The van der Waals surface area contributed by atoms with Crippen LogP contribution in [0.2, 0.25) is 0 Å². The molecule has 5 nitrogen and oxygen atoms in total. The van der Waals surface area contributed by atoms with E-state index in [4.69, 9.17) is 4.42 Å². The number of benzene rings is 1. The number of rotatable bonds is 5. The van der Waals surface area contributed by atoms with Crippen molar-refractivity contribution in [2.45, 2.75) is 6.92 Å². The van der Waals surface area contributed by atoms with Gasteiger partial charge in [0.1, 0.15) is 5.76 Å². The van der Waals surface area contributed by atoms with Gasteiger partial charge in [0.25, 0.3) is 5.91 Å². The number of carbonyl (C=O) groups excluding carboxylic acids is 1. The van der Waals surface area contributed by atoms with Crippen LogP contribution in [0.25, 0.3) is 0 Å². The van der Waals surface area contributed by atoms with E-state index in [1.165, 1.54) is 11.8 Å². The monoisotopic (exact) mass is 413 g/mol. The van der Waals surface area contributed by atoms with Crippen molar-refractivity contribution >= 4 is 49.7 Å². The first kappa shape index (κ1) is 15.8. The lowest BCUT2D eigenvalue weighted by Gasteiger charge is -2.05. The Hall–Kier alpha value is -1.60. The molecule has 0 radical (unpaired) electrons. The predicted octanol–water partition coefficient (Wildman–Crippen LogP) is 3.68. The van der Waals surface area contributed by atoms with Crippen molar-refractivity contribution in [3.8, 4) is 0 Å². The number of hydrazone groups is 1. The lowest BCUT2D eigenvalue weighted by molar-refractivity contribution is -0.119. The lowest BCUT2D eigenvalue weighted by atomic mass is 10.2. The number of halogens is 2. The maximum atomic E-state index is 11.6. The second-order valence-electron chi connectivity index (χ2n) is 4.28. The summed E-state index contributed by atoms with van der Waals surface area (Å²) in [7, 11) is 0. The van der Waals surface area contributed by atoms with Gasteiger partial charge in [-0.05, 0) is 50.9 Å². The van der Waals surface area contributed by atoms with Gasteiger partial charge in [-0.15, -0.1) is 0 Å². The molecule has 2 aromatic rings. The molecule has 0 saturated heterocycles. The number of furan rings is 1. The summed E-state index contributed by atoms with van der Waals surface area (Å²) in [6, 6.07) is 9.54. The van der Waals surface area contributed by atoms with Gasteiger partial charge in [0.15, 0.2) is 4.67 Å². The van der Waals surface area contributed by atoms with Gasteiger partial charge in [0.05, 0.1) is 17.2 Å². The maximum absolute atomic E-state index is 11.6. The summed E-state index contributed by atoms with van der Waals surface area (Å²) in [6.45, 7) is 2.16. The van der Waals surface area contributed by atoms with Gasteiger partial charge in [0.2, 0.25) is 0 Å². The first-order chi connectivity index (χ1) is 10.0. The van der Waals surface area contributed by atoms with E-state index in [0.717, 1.165) is 10.2 Å². The summed E-state index contributed by atoms with van der Waals surface area (Å²) in [6.07, 6.45) is 1.43. The van der Waals surface area contributed by atoms with Crippen LogP contribution in [0.3, 0.4) is 0 Å². The van der Waals surface area contributed by atoms with Crippen LogP contribution in [0, 0.1) is 6.92 Å². The SMILES string of the molecule is Cc1ccc(NCC(=O)N/N=C\c2cc(Br)c(Br)o2)cc1. The van der Waals surface area contributed by atoms with E-state index in [-0.39, 0.29) is 12.5 Å². The van der Waals surface area contributed by atoms with Crippen LogP contribution in [0.1, 0.15) is 11.3 Å². The highest BCUT2D eigenvalue weighted by Gasteiger charge is 2.04. The molecule has 0 bridgehead atoms. The predicted molar refractivity (Wildman–Crippen MR) is 89.5 cm³/mol. The summed E-state index contributed by atoms with van der Waals surface area (Å²) >= 11 is 6.51. The highest BCUT2D eigenvalue weighted by molar-refractivity contribution is 9.13. The van der Waals surface area contributed by atoms with Crippen LogP contribution in [0.4, 0.5) is 5.69 Å². The van der Waals surface area contributed by atoms with Crippen molar-refractivity contribution < 1.29 is 9.21 Å². The molecule has 0 fully saturated rings. The van der Waals surface area contributed by atoms with Gasteiger partial charge >= 0.3 is 0 Å². The number of hydrogen-bond donors (Lipinski definition) is 2. The molecule has 7 heteroatoms. The van der Waals surface area contributed by atoms with Crippen LogP contribution in [-0.4, -0.2) is 18.7 Å². The first-order valence-electron chi connectivity index (χ1n) is 6.12. The Morgan fingerprint density at radius 1 is 1.33 bits per heavy atom. The van der Waals surface area contributed by atoms with Gasteiger partial charge in [-0.2, -0.15) is 5.10 Å². The number of anilines is 1. The number of hydrogen-bond acceptors (Lipinski definition) is 4. The molecule has 2 N–H and O–H groups in total. The quantitative estimate of drug-likeness (QED) is 0.579. The average Bonchev–Trinajstić information content (AvgIpc) is 2.77. The Morgan fingerprint density at radius 3 is 2.67 bits per heavy atom. The fourth-order valence-corrected chi connectivity index (χ4v) is 2.10. The smallest absolute Gasteiger partial charge is 0.259 e. The Labute approximate surface area is 139 Å². The van der Waals surface area contributed by atoms with E-state index >= 15 is 0 Å². The van der Waals surface area contributed by atoms with Crippen LogP contribution in [-0.2, 0) is 4.79 Å². The molecule has 0 unspecified atom stereocenters. The Morgan fingerprint density at radius 2 is 2.05 bits per heavy atom. The zero-order valence-corrected chi connectivity index (χ0v) is 14.4. The molecule has 0 atom stereocenters.